The van der Waals surface area contributed by atoms with Gasteiger partial charge < -0.3 is 9.84 Å². The SMILES string of the molecule is COc1cc(Br)c(Br)c(/C=N/NC(=O)c2ccc(C(C)(C)C)cc2)c1O. The molecule has 0 unspecified atom stereocenters. The second-order valence-electron chi connectivity index (χ2n) is 6.66. The number of aromatic hydroxyl groups is 1. The van der Waals surface area contributed by atoms with Crippen molar-refractivity contribution in [3.63, 3.8) is 0 Å². The van der Waals surface area contributed by atoms with Crippen molar-refractivity contribution in [3.8, 4) is 11.5 Å². The molecule has 26 heavy (non-hydrogen) atoms. The van der Waals surface area contributed by atoms with Gasteiger partial charge >= 0.3 is 0 Å². The normalized spacial score (nSPS) is 11.6. The number of carbonyl (C=O) groups excluding carboxylic acids is 1. The van der Waals surface area contributed by atoms with Gasteiger partial charge in [0.15, 0.2) is 11.5 Å². The number of benzene rings is 2. The Labute approximate surface area is 169 Å². The zero-order valence-corrected chi connectivity index (χ0v) is 18.1. The van der Waals surface area contributed by atoms with Crippen LogP contribution in [0.15, 0.2) is 44.4 Å². The Morgan fingerprint density at radius 2 is 1.85 bits per heavy atom. The number of phenols is 1. The molecule has 0 spiro atoms. The average Bonchev–Trinajstić information content (AvgIpc) is 2.60. The minimum Gasteiger partial charge on any atom is -0.504 e. The van der Waals surface area contributed by atoms with Crippen LogP contribution in [0.4, 0.5) is 0 Å². The molecule has 0 bridgehead atoms. The second-order valence-corrected chi connectivity index (χ2v) is 8.31. The lowest BCUT2D eigenvalue weighted by molar-refractivity contribution is 0.0955. The van der Waals surface area contributed by atoms with E-state index < -0.39 is 0 Å². The van der Waals surface area contributed by atoms with Gasteiger partial charge in [0.2, 0.25) is 0 Å². The minimum absolute atomic E-state index is 0.0245. The van der Waals surface area contributed by atoms with Gasteiger partial charge in [0.1, 0.15) is 0 Å². The smallest absolute Gasteiger partial charge is 0.271 e. The molecule has 2 aromatic carbocycles. The zero-order chi connectivity index (χ0) is 19.5. The minimum atomic E-state index is -0.334. The first-order valence-electron chi connectivity index (χ1n) is 7.84. The van der Waals surface area contributed by atoms with Gasteiger partial charge in [-0.3, -0.25) is 4.79 Å². The molecule has 138 valence electrons. The molecule has 0 aliphatic heterocycles. The van der Waals surface area contributed by atoms with Crippen LogP contribution < -0.4 is 10.2 Å². The fourth-order valence-corrected chi connectivity index (χ4v) is 3.05. The number of methoxy groups -OCH3 is 1. The molecule has 0 radical (unpaired) electrons. The van der Waals surface area contributed by atoms with E-state index in [2.05, 4.69) is 63.2 Å². The third kappa shape index (κ3) is 4.65. The van der Waals surface area contributed by atoms with Gasteiger partial charge in [0.25, 0.3) is 5.91 Å². The van der Waals surface area contributed by atoms with Crippen molar-refractivity contribution in [2.45, 2.75) is 26.2 Å². The highest BCUT2D eigenvalue weighted by molar-refractivity contribution is 9.13. The lowest BCUT2D eigenvalue weighted by atomic mass is 9.87. The molecule has 0 aliphatic rings. The lowest BCUT2D eigenvalue weighted by Crippen LogP contribution is -2.18. The van der Waals surface area contributed by atoms with E-state index in [-0.39, 0.29) is 17.1 Å². The number of hydrazone groups is 1. The summed E-state index contributed by atoms with van der Waals surface area (Å²) in [5.74, 6) is -0.111. The Balaban J connectivity index is 2.16. The molecule has 7 heteroatoms. The molecule has 1 amide bonds. The molecule has 5 nitrogen and oxygen atoms in total. The number of halogens is 2. The van der Waals surface area contributed by atoms with Crippen molar-refractivity contribution < 1.29 is 14.6 Å². The van der Waals surface area contributed by atoms with E-state index in [0.29, 0.717) is 25.8 Å². The Kier molecular flexibility index (Phi) is 6.47. The van der Waals surface area contributed by atoms with E-state index in [4.69, 9.17) is 4.74 Å². The maximum atomic E-state index is 12.2. The summed E-state index contributed by atoms with van der Waals surface area (Å²) in [5, 5.41) is 14.1. The predicted molar refractivity (Wildman–Crippen MR) is 110 cm³/mol. The number of phenolic OH excluding ortho intramolecular Hbond substituents is 1. The number of nitrogens with zero attached hydrogens (tertiary/aromatic N) is 1. The summed E-state index contributed by atoms with van der Waals surface area (Å²) in [6.45, 7) is 6.34. The number of amides is 1. The number of carbonyl (C=O) groups is 1. The van der Waals surface area contributed by atoms with E-state index in [1.165, 1.54) is 13.3 Å². The highest BCUT2D eigenvalue weighted by atomic mass is 79.9. The van der Waals surface area contributed by atoms with Crippen LogP contribution in [0.5, 0.6) is 11.5 Å². The van der Waals surface area contributed by atoms with Crippen molar-refractivity contribution in [1.29, 1.82) is 0 Å². The van der Waals surface area contributed by atoms with Crippen molar-refractivity contribution in [1.82, 2.24) is 5.43 Å². The first-order chi connectivity index (χ1) is 12.1. The molecule has 0 saturated heterocycles. The Morgan fingerprint density at radius 1 is 1.23 bits per heavy atom. The Hall–Kier alpha value is -1.86. The van der Waals surface area contributed by atoms with Crippen LogP contribution in [-0.4, -0.2) is 24.3 Å². The lowest BCUT2D eigenvalue weighted by Gasteiger charge is -2.18. The van der Waals surface area contributed by atoms with Crippen LogP contribution >= 0.6 is 31.9 Å². The summed E-state index contributed by atoms with van der Waals surface area (Å²) < 4.78 is 6.40. The van der Waals surface area contributed by atoms with Gasteiger partial charge in [-0.1, -0.05) is 32.9 Å². The molecule has 0 aromatic heterocycles. The fraction of sp³-hybridized carbons (Fsp3) is 0.263. The number of nitrogens with one attached hydrogen (secondary N) is 1. The van der Waals surface area contributed by atoms with Crippen molar-refractivity contribution >= 4 is 44.0 Å². The first kappa shape index (κ1) is 20.5. The van der Waals surface area contributed by atoms with Crippen LogP contribution in [0.2, 0.25) is 0 Å². The quantitative estimate of drug-likeness (QED) is 0.475. The van der Waals surface area contributed by atoms with Crippen molar-refractivity contribution in [2.24, 2.45) is 5.10 Å². The average molecular weight is 484 g/mol. The van der Waals surface area contributed by atoms with Gasteiger partial charge in [0.05, 0.1) is 18.9 Å². The third-order valence-electron chi connectivity index (χ3n) is 3.79. The summed E-state index contributed by atoms with van der Waals surface area (Å²) in [4.78, 5) is 12.2. The highest BCUT2D eigenvalue weighted by Gasteiger charge is 2.15. The fourth-order valence-electron chi connectivity index (χ4n) is 2.23. The molecular weight excluding hydrogens is 464 g/mol. The topological polar surface area (TPSA) is 70.9 Å². The van der Waals surface area contributed by atoms with Crippen molar-refractivity contribution in [2.75, 3.05) is 7.11 Å². The van der Waals surface area contributed by atoms with Crippen molar-refractivity contribution in [3.05, 3.63) is 56.0 Å². The van der Waals surface area contributed by atoms with Gasteiger partial charge in [-0.2, -0.15) is 5.10 Å². The zero-order valence-electron chi connectivity index (χ0n) is 14.9. The Bertz CT molecular complexity index is 841. The number of hydrogen-bond acceptors (Lipinski definition) is 4. The largest absolute Gasteiger partial charge is 0.504 e. The van der Waals surface area contributed by atoms with E-state index in [0.717, 1.165) is 5.56 Å². The van der Waals surface area contributed by atoms with Crippen LogP contribution in [0, 0.1) is 0 Å². The van der Waals surface area contributed by atoms with Gasteiger partial charge in [-0.15, -0.1) is 0 Å². The van der Waals surface area contributed by atoms with Gasteiger partial charge in [-0.05, 0) is 61.0 Å². The monoisotopic (exact) mass is 482 g/mol. The maximum Gasteiger partial charge on any atom is 0.271 e. The summed E-state index contributed by atoms with van der Waals surface area (Å²) in [6.07, 6.45) is 1.36. The molecular formula is C19H20Br2N2O3. The summed E-state index contributed by atoms with van der Waals surface area (Å²) >= 11 is 6.73. The molecule has 0 heterocycles. The number of rotatable bonds is 4. The molecule has 2 aromatic rings. The molecule has 0 saturated carbocycles. The molecule has 0 aliphatic carbocycles. The van der Waals surface area contributed by atoms with E-state index in [1.807, 2.05) is 12.1 Å². The molecule has 2 rings (SSSR count). The van der Waals surface area contributed by atoms with Crippen LogP contribution in [0.1, 0.15) is 42.3 Å². The molecule has 2 N–H and O–H groups in total. The highest BCUT2D eigenvalue weighted by Crippen LogP contribution is 2.39. The second kappa shape index (κ2) is 8.22. The maximum absolute atomic E-state index is 12.2. The van der Waals surface area contributed by atoms with E-state index in [1.54, 1.807) is 18.2 Å². The summed E-state index contributed by atoms with van der Waals surface area (Å²) in [6, 6.07) is 9.02. The molecule has 0 atom stereocenters. The standard InChI is InChI=1S/C19H20Br2N2O3/c1-19(2,3)12-7-5-11(6-8-12)18(25)23-22-10-13-16(21)14(20)9-15(26-4)17(13)24/h5-10,24H,1-4H3,(H,23,25)/b22-10+. The summed E-state index contributed by atoms with van der Waals surface area (Å²) in [7, 11) is 1.46. The van der Waals surface area contributed by atoms with Crippen LogP contribution in [0.3, 0.4) is 0 Å². The number of ether oxygens (including phenoxy) is 1. The van der Waals surface area contributed by atoms with Gasteiger partial charge in [0, 0.05) is 14.5 Å². The van der Waals surface area contributed by atoms with E-state index >= 15 is 0 Å². The van der Waals surface area contributed by atoms with Gasteiger partial charge in [-0.25, -0.2) is 5.43 Å². The molecule has 0 fully saturated rings. The van der Waals surface area contributed by atoms with Crippen LogP contribution in [-0.2, 0) is 5.41 Å². The predicted octanol–water partition coefficient (Wildman–Crippen LogP) is 4.99. The first-order valence-corrected chi connectivity index (χ1v) is 9.42. The van der Waals surface area contributed by atoms with E-state index in [9.17, 15) is 9.90 Å². The number of hydrogen-bond donors (Lipinski definition) is 2. The summed E-state index contributed by atoms with van der Waals surface area (Å²) in [5.41, 5.74) is 4.52. The Morgan fingerprint density at radius 3 is 2.38 bits per heavy atom. The van der Waals surface area contributed by atoms with Crippen LogP contribution in [0.25, 0.3) is 0 Å². The third-order valence-corrected chi connectivity index (χ3v) is 5.80.